The van der Waals surface area contributed by atoms with E-state index in [1.807, 2.05) is 6.92 Å². The molecule has 2 heteroatoms. The van der Waals surface area contributed by atoms with Gasteiger partial charge in [0, 0.05) is 6.04 Å². The predicted molar refractivity (Wildman–Crippen MR) is 38.4 cm³/mol. The highest BCUT2D eigenvalue weighted by Gasteiger charge is 1.97. The van der Waals surface area contributed by atoms with Gasteiger partial charge in [-0.3, -0.25) is 0 Å². The number of aliphatic hydroxyl groups is 1. The van der Waals surface area contributed by atoms with Crippen LogP contribution in [-0.2, 0) is 0 Å². The van der Waals surface area contributed by atoms with Crippen LogP contribution in [0.3, 0.4) is 0 Å². The summed E-state index contributed by atoms with van der Waals surface area (Å²) in [6, 6.07) is 0.268. The Bertz CT molecular complexity index is 53.9. The van der Waals surface area contributed by atoms with Gasteiger partial charge in [-0.05, 0) is 33.1 Å². The van der Waals surface area contributed by atoms with Crippen LogP contribution in [0.15, 0.2) is 0 Å². The summed E-state index contributed by atoms with van der Waals surface area (Å²) in [7, 11) is 0. The minimum Gasteiger partial charge on any atom is -0.387 e. The molecule has 0 fully saturated rings. The van der Waals surface area contributed by atoms with Crippen molar-refractivity contribution in [3.05, 3.63) is 6.10 Å². The first-order chi connectivity index (χ1) is 4.13. The van der Waals surface area contributed by atoms with Crippen molar-refractivity contribution in [3.63, 3.8) is 0 Å². The molecule has 0 aliphatic carbocycles. The van der Waals surface area contributed by atoms with E-state index in [-0.39, 0.29) is 6.04 Å². The van der Waals surface area contributed by atoms with E-state index < -0.39 is 0 Å². The van der Waals surface area contributed by atoms with Crippen LogP contribution < -0.4 is 5.73 Å². The molecule has 9 heavy (non-hydrogen) atoms. The molecule has 0 aliphatic rings. The lowest BCUT2D eigenvalue weighted by molar-refractivity contribution is 0.289. The highest BCUT2D eigenvalue weighted by molar-refractivity contribution is 4.67. The van der Waals surface area contributed by atoms with Crippen molar-refractivity contribution in [1.82, 2.24) is 0 Å². The van der Waals surface area contributed by atoms with Crippen molar-refractivity contribution in [2.75, 3.05) is 0 Å². The third kappa shape index (κ3) is 7.92. The second-order valence-corrected chi connectivity index (χ2v) is 2.60. The van der Waals surface area contributed by atoms with Crippen LogP contribution in [0, 0.1) is 6.10 Å². The van der Waals surface area contributed by atoms with Gasteiger partial charge in [-0.25, -0.2) is 0 Å². The Labute approximate surface area is 57.1 Å². The first-order valence-electron chi connectivity index (χ1n) is 3.40. The number of aliphatic hydroxyl groups excluding tert-OH is 1. The van der Waals surface area contributed by atoms with Crippen molar-refractivity contribution >= 4 is 0 Å². The number of rotatable bonds is 4. The average molecular weight is 130 g/mol. The maximum atomic E-state index is 8.74. The van der Waals surface area contributed by atoms with Gasteiger partial charge in [-0.15, -0.1) is 0 Å². The fourth-order valence-corrected chi connectivity index (χ4v) is 0.680. The van der Waals surface area contributed by atoms with Crippen molar-refractivity contribution in [2.45, 2.75) is 39.2 Å². The molecule has 0 aromatic carbocycles. The van der Waals surface area contributed by atoms with Gasteiger partial charge in [0.1, 0.15) is 0 Å². The second kappa shape index (κ2) is 4.77. The molecular formula is C7H16NO. The highest BCUT2D eigenvalue weighted by Crippen LogP contribution is 2.06. The van der Waals surface area contributed by atoms with Gasteiger partial charge in [0.25, 0.3) is 0 Å². The number of nitrogens with two attached hydrogens (primary N) is 1. The Morgan fingerprint density at radius 2 is 2.22 bits per heavy atom. The largest absolute Gasteiger partial charge is 0.387 e. The SMILES string of the molecule is C[C](O)CCCC(C)N. The zero-order chi connectivity index (χ0) is 7.28. The van der Waals surface area contributed by atoms with Crippen molar-refractivity contribution in [1.29, 1.82) is 0 Å². The quantitative estimate of drug-likeness (QED) is 0.604. The maximum absolute atomic E-state index is 8.74. The smallest absolute Gasteiger partial charge is 0.0902 e. The second-order valence-electron chi connectivity index (χ2n) is 2.60. The molecule has 3 N–H and O–H groups in total. The molecular weight excluding hydrogens is 114 g/mol. The van der Waals surface area contributed by atoms with E-state index in [9.17, 15) is 0 Å². The molecule has 55 valence electrons. The van der Waals surface area contributed by atoms with Crippen LogP contribution in [0.2, 0.25) is 0 Å². The Kier molecular flexibility index (Phi) is 4.72. The molecule has 1 radical (unpaired) electrons. The Balaban J connectivity index is 2.91. The Morgan fingerprint density at radius 1 is 1.67 bits per heavy atom. The summed E-state index contributed by atoms with van der Waals surface area (Å²) in [4.78, 5) is 0. The fraction of sp³-hybridized carbons (Fsp3) is 0.857. The fourth-order valence-electron chi connectivity index (χ4n) is 0.680. The molecule has 0 spiro atoms. The Hall–Kier alpha value is -0.0800. The topological polar surface area (TPSA) is 46.2 Å². The molecule has 0 amide bonds. The number of hydrogen-bond donors (Lipinski definition) is 2. The van der Waals surface area contributed by atoms with Crippen molar-refractivity contribution in [2.24, 2.45) is 5.73 Å². The zero-order valence-electron chi connectivity index (χ0n) is 6.22. The predicted octanol–water partition coefficient (Wildman–Crippen LogP) is 1.43. The minimum absolute atomic E-state index is 0.268. The van der Waals surface area contributed by atoms with Gasteiger partial charge in [-0.1, -0.05) is 0 Å². The van der Waals surface area contributed by atoms with Crippen molar-refractivity contribution < 1.29 is 5.11 Å². The van der Waals surface area contributed by atoms with Crippen LogP contribution >= 0.6 is 0 Å². The molecule has 0 heterocycles. The van der Waals surface area contributed by atoms with E-state index in [0.717, 1.165) is 19.3 Å². The maximum Gasteiger partial charge on any atom is 0.0902 e. The van der Waals surface area contributed by atoms with E-state index in [4.69, 9.17) is 10.8 Å². The molecule has 0 saturated heterocycles. The van der Waals surface area contributed by atoms with Crippen LogP contribution in [0.25, 0.3) is 0 Å². The molecule has 2 nitrogen and oxygen atoms in total. The lowest BCUT2D eigenvalue weighted by Crippen LogP contribution is -2.14. The van der Waals surface area contributed by atoms with Gasteiger partial charge in [-0.2, -0.15) is 0 Å². The van der Waals surface area contributed by atoms with E-state index in [1.165, 1.54) is 0 Å². The molecule has 0 saturated carbocycles. The lowest BCUT2D eigenvalue weighted by Gasteiger charge is -2.04. The van der Waals surface area contributed by atoms with Gasteiger partial charge in [0.05, 0.1) is 6.10 Å². The van der Waals surface area contributed by atoms with E-state index in [0.29, 0.717) is 6.10 Å². The molecule has 0 aromatic rings. The van der Waals surface area contributed by atoms with E-state index in [2.05, 4.69) is 0 Å². The molecule has 1 atom stereocenters. The number of hydrogen-bond acceptors (Lipinski definition) is 2. The monoisotopic (exact) mass is 130 g/mol. The molecule has 0 aromatic heterocycles. The summed E-state index contributed by atoms with van der Waals surface area (Å²) in [6.07, 6.45) is 3.30. The molecule has 1 unspecified atom stereocenters. The van der Waals surface area contributed by atoms with E-state index in [1.54, 1.807) is 6.92 Å². The van der Waals surface area contributed by atoms with Crippen LogP contribution in [0.1, 0.15) is 33.1 Å². The lowest BCUT2D eigenvalue weighted by atomic mass is 10.1. The molecule has 0 aliphatic heterocycles. The summed E-state index contributed by atoms with van der Waals surface area (Å²) in [6.45, 7) is 3.70. The Morgan fingerprint density at radius 3 is 2.56 bits per heavy atom. The van der Waals surface area contributed by atoms with Crippen molar-refractivity contribution in [3.8, 4) is 0 Å². The van der Waals surface area contributed by atoms with Gasteiger partial charge in [0.15, 0.2) is 0 Å². The van der Waals surface area contributed by atoms with Gasteiger partial charge in [0.2, 0.25) is 0 Å². The third-order valence-electron chi connectivity index (χ3n) is 1.20. The molecule has 0 bridgehead atoms. The standard InChI is InChI=1S/C7H16NO/c1-6(8)4-3-5-7(2)9/h6,9H,3-5,8H2,1-2H3. The highest BCUT2D eigenvalue weighted by atomic mass is 16.3. The van der Waals surface area contributed by atoms with Gasteiger partial charge >= 0.3 is 0 Å². The zero-order valence-corrected chi connectivity index (χ0v) is 6.22. The average Bonchev–Trinajstić information content (AvgIpc) is 1.63. The van der Waals surface area contributed by atoms with Crippen LogP contribution in [0.4, 0.5) is 0 Å². The summed E-state index contributed by atoms with van der Waals surface area (Å²) < 4.78 is 0. The minimum atomic E-state index is 0.268. The van der Waals surface area contributed by atoms with Gasteiger partial charge < -0.3 is 10.8 Å². The van der Waals surface area contributed by atoms with E-state index >= 15 is 0 Å². The summed E-state index contributed by atoms with van der Waals surface area (Å²) in [5.41, 5.74) is 5.49. The third-order valence-corrected chi connectivity index (χ3v) is 1.20. The molecule has 0 rings (SSSR count). The summed E-state index contributed by atoms with van der Waals surface area (Å²) in [5.74, 6) is 0. The first-order valence-corrected chi connectivity index (χ1v) is 3.40. The van der Waals surface area contributed by atoms with Crippen LogP contribution in [-0.4, -0.2) is 11.1 Å². The van der Waals surface area contributed by atoms with Crippen LogP contribution in [0.5, 0.6) is 0 Å². The normalized spacial score (nSPS) is 14.3. The summed E-state index contributed by atoms with van der Waals surface area (Å²) >= 11 is 0. The summed E-state index contributed by atoms with van der Waals surface area (Å²) in [5, 5.41) is 8.74. The first kappa shape index (κ1) is 8.92.